The van der Waals surface area contributed by atoms with Crippen molar-refractivity contribution in [3.63, 3.8) is 0 Å². The van der Waals surface area contributed by atoms with Crippen molar-refractivity contribution >= 4 is 19.7 Å². The standard InChI is InChI=1S/C12H24O4S2/c1-3-5-7-9-11-17(13,14)12(18(11,15)16)10-8-6-4-2/h11-12H,3-10H2,1-2H3. The van der Waals surface area contributed by atoms with E-state index in [0.29, 0.717) is 12.8 Å². The number of unbranched alkanes of at least 4 members (excludes halogenated alkanes) is 4. The summed E-state index contributed by atoms with van der Waals surface area (Å²) in [6.07, 6.45) is 5.64. The van der Waals surface area contributed by atoms with Crippen molar-refractivity contribution in [2.24, 2.45) is 0 Å². The lowest BCUT2D eigenvalue weighted by Gasteiger charge is -2.35. The van der Waals surface area contributed by atoms with Gasteiger partial charge in [-0.1, -0.05) is 52.4 Å². The summed E-state index contributed by atoms with van der Waals surface area (Å²) in [5.74, 6) is 0. The van der Waals surface area contributed by atoms with Gasteiger partial charge in [-0.05, 0) is 12.8 Å². The number of sulfone groups is 2. The fraction of sp³-hybridized carbons (Fsp3) is 1.00. The smallest absolute Gasteiger partial charge is 0.184 e. The highest BCUT2D eigenvalue weighted by molar-refractivity contribution is 8.25. The van der Waals surface area contributed by atoms with Gasteiger partial charge in [0.05, 0.1) is 0 Å². The van der Waals surface area contributed by atoms with Gasteiger partial charge < -0.3 is 0 Å². The highest BCUT2D eigenvalue weighted by atomic mass is 32.3. The first-order valence-corrected chi connectivity index (χ1v) is 10.1. The van der Waals surface area contributed by atoms with Crippen LogP contribution in [0.1, 0.15) is 65.2 Å². The topological polar surface area (TPSA) is 68.3 Å². The van der Waals surface area contributed by atoms with Crippen LogP contribution in [0.15, 0.2) is 0 Å². The third kappa shape index (κ3) is 3.07. The Hall–Kier alpha value is -0.100. The molecule has 108 valence electrons. The number of hydrogen-bond acceptors (Lipinski definition) is 4. The van der Waals surface area contributed by atoms with Crippen LogP contribution in [0.25, 0.3) is 0 Å². The van der Waals surface area contributed by atoms with Gasteiger partial charge in [-0.25, -0.2) is 16.8 Å². The molecule has 1 heterocycles. The van der Waals surface area contributed by atoms with Crippen molar-refractivity contribution in [2.45, 2.75) is 74.4 Å². The van der Waals surface area contributed by atoms with Gasteiger partial charge in [0.2, 0.25) is 0 Å². The zero-order valence-corrected chi connectivity index (χ0v) is 12.9. The van der Waals surface area contributed by atoms with Gasteiger partial charge in [-0.15, -0.1) is 0 Å². The van der Waals surface area contributed by atoms with Gasteiger partial charge >= 0.3 is 0 Å². The Morgan fingerprint density at radius 3 is 1.28 bits per heavy atom. The average molecular weight is 296 g/mol. The van der Waals surface area contributed by atoms with E-state index in [2.05, 4.69) is 0 Å². The highest BCUT2D eigenvalue weighted by Crippen LogP contribution is 2.39. The molecule has 0 atom stereocenters. The Bertz CT molecular complexity index is 386. The van der Waals surface area contributed by atoms with Gasteiger partial charge in [0.15, 0.2) is 28.8 Å². The predicted octanol–water partition coefficient (Wildman–Crippen LogP) is 2.64. The molecule has 0 aliphatic carbocycles. The average Bonchev–Trinajstić information content (AvgIpc) is 2.29. The minimum absolute atomic E-state index is 0.281. The predicted molar refractivity (Wildman–Crippen MR) is 73.7 cm³/mol. The van der Waals surface area contributed by atoms with Crippen LogP contribution in [0.4, 0.5) is 0 Å². The molecule has 0 aromatic rings. The minimum atomic E-state index is -3.42. The largest absolute Gasteiger partial charge is 0.226 e. The molecule has 6 heteroatoms. The first-order valence-electron chi connectivity index (χ1n) is 6.84. The molecule has 0 saturated carbocycles. The van der Waals surface area contributed by atoms with E-state index in [0.717, 1.165) is 25.7 Å². The van der Waals surface area contributed by atoms with Crippen LogP contribution in [0.5, 0.6) is 0 Å². The van der Waals surface area contributed by atoms with E-state index < -0.39 is 28.8 Å². The van der Waals surface area contributed by atoms with E-state index >= 15 is 0 Å². The summed E-state index contributed by atoms with van der Waals surface area (Å²) in [6.45, 7) is 4.02. The molecule has 0 spiro atoms. The zero-order valence-electron chi connectivity index (χ0n) is 11.3. The Morgan fingerprint density at radius 1 is 0.667 bits per heavy atom. The Kier molecular flexibility index (Phi) is 5.65. The monoisotopic (exact) mass is 296 g/mol. The van der Waals surface area contributed by atoms with Crippen molar-refractivity contribution in [3.8, 4) is 0 Å². The molecule has 0 unspecified atom stereocenters. The van der Waals surface area contributed by atoms with Crippen LogP contribution in [0.2, 0.25) is 0 Å². The van der Waals surface area contributed by atoms with Crippen LogP contribution < -0.4 is 0 Å². The molecule has 1 saturated heterocycles. The summed E-state index contributed by atoms with van der Waals surface area (Å²) < 4.78 is 45.7. The van der Waals surface area contributed by atoms with Gasteiger partial charge in [-0.2, -0.15) is 0 Å². The fourth-order valence-electron chi connectivity index (χ4n) is 2.44. The molecule has 0 bridgehead atoms. The molecule has 18 heavy (non-hydrogen) atoms. The van der Waals surface area contributed by atoms with Crippen LogP contribution in [-0.2, 0) is 19.7 Å². The van der Waals surface area contributed by atoms with Gasteiger partial charge in [0, 0.05) is 0 Å². The molecule has 1 aliphatic rings. The van der Waals surface area contributed by atoms with E-state index in [1.165, 1.54) is 0 Å². The second kappa shape index (κ2) is 6.37. The van der Waals surface area contributed by atoms with Crippen molar-refractivity contribution in [1.82, 2.24) is 0 Å². The highest BCUT2D eigenvalue weighted by Gasteiger charge is 2.59. The quantitative estimate of drug-likeness (QED) is 0.646. The molecular weight excluding hydrogens is 272 g/mol. The summed E-state index contributed by atoms with van der Waals surface area (Å²) in [7, 11) is -6.84. The van der Waals surface area contributed by atoms with Crippen LogP contribution in [0.3, 0.4) is 0 Å². The summed E-state index contributed by atoms with van der Waals surface area (Å²) in [6, 6.07) is 0. The van der Waals surface area contributed by atoms with Gasteiger partial charge in [0.25, 0.3) is 0 Å². The first kappa shape index (κ1) is 16.0. The summed E-state index contributed by atoms with van der Waals surface area (Å²) in [4.78, 5) is 0. The molecular formula is C12H24O4S2. The second-order valence-electron chi connectivity index (χ2n) is 5.03. The van der Waals surface area contributed by atoms with E-state index in [1.807, 2.05) is 13.8 Å². The molecule has 0 radical (unpaired) electrons. The Balaban J connectivity index is 2.64. The van der Waals surface area contributed by atoms with E-state index in [1.54, 1.807) is 0 Å². The third-order valence-corrected chi connectivity index (χ3v) is 10.6. The minimum Gasteiger partial charge on any atom is -0.226 e. The molecule has 0 aromatic heterocycles. The van der Waals surface area contributed by atoms with Gasteiger partial charge in [-0.3, -0.25) is 0 Å². The van der Waals surface area contributed by atoms with Crippen LogP contribution >= 0.6 is 0 Å². The van der Waals surface area contributed by atoms with Crippen molar-refractivity contribution in [1.29, 1.82) is 0 Å². The molecule has 0 aromatic carbocycles. The lowest BCUT2D eigenvalue weighted by atomic mass is 10.2. The summed E-state index contributed by atoms with van der Waals surface area (Å²) in [5.41, 5.74) is 0. The SMILES string of the molecule is CCCCCC1S(=O)(=O)C(CCCCC)S1(=O)=O. The number of rotatable bonds is 8. The van der Waals surface area contributed by atoms with Gasteiger partial charge in [0.1, 0.15) is 0 Å². The molecule has 1 aliphatic heterocycles. The maximum atomic E-state index is 12.0. The normalized spacial score (nSPS) is 28.8. The first-order chi connectivity index (χ1) is 8.39. The third-order valence-electron chi connectivity index (χ3n) is 3.55. The summed E-state index contributed by atoms with van der Waals surface area (Å²) in [5, 5.41) is 0. The lowest BCUT2D eigenvalue weighted by molar-refractivity contribution is 0.523. The van der Waals surface area contributed by atoms with Crippen molar-refractivity contribution < 1.29 is 16.8 Å². The van der Waals surface area contributed by atoms with E-state index in [4.69, 9.17) is 0 Å². The molecule has 0 N–H and O–H groups in total. The zero-order chi connectivity index (χ0) is 13.8. The Labute approximate surface area is 111 Å². The maximum absolute atomic E-state index is 12.0. The second-order valence-corrected chi connectivity index (χ2v) is 10.3. The molecule has 1 fully saturated rings. The van der Waals surface area contributed by atoms with Crippen molar-refractivity contribution in [3.05, 3.63) is 0 Å². The molecule has 1 rings (SSSR count). The Morgan fingerprint density at radius 2 is 1.00 bits per heavy atom. The lowest BCUT2D eigenvalue weighted by Crippen LogP contribution is -2.55. The maximum Gasteiger partial charge on any atom is 0.184 e. The van der Waals surface area contributed by atoms with Crippen molar-refractivity contribution in [2.75, 3.05) is 0 Å². The van der Waals surface area contributed by atoms with Crippen LogP contribution in [0, 0.1) is 0 Å². The molecule has 0 amide bonds. The molecule has 4 nitrogen and oxygen atoms in total. The van der Waals surface area contributed by atoms with E-state index in [9.17, 15) is 16.8 Å². The fourth-order valence-corrected chi connectivity index (χ4v) is 8.87. The summed E-state index contributed by atoms with van der Waals surface area (Å²) >= 11 is 0. The van der Waals surface area contributed by atoms with E-state index in [-0.39, 0.29) is 12.8 Å². The number of hydrogen-bond donors (Lipinski definition) is 0. The van der Waals surface area contributed by atoms with Crippen LogP contribution in [-0.4, -0.2) is 26.0 Å².